The molecule has 1 aromatic rings. The first-order valence-corrected chi connectivity index (χ1v) is 4.26. The zero-order valence-electron chi connectivity index (χ0n) is 8.00. The molecule has 13 heavy (non-hydrogen) atoms. The molecule has 0 unspecified atom stereocenters. The van der Waals surface area contributed by atoms with Gasteiger partial charge in [0.15, 0.2) is 0 Å². The molecule has 1 aromatic carbocycles. The van der Waals surface area contributed by atoms with E-state index in [9.17, 15) is 5.11 Å². The Kier molecular flexibility index (Phi) is 3.28. The minimum atomic E-state index is 0.373. The van der Waals surface area contributed by atoms with Gasteiger partial charge in [-0.25, -0.2) is 5.90 Å². The zero-order chi connectivity index (χ0) is 9.84. The highest BCUT2D eigenvalue weighted by atomic mass is 16.6. The van der Waals surface area contributed by atoms with Crippen LogP contribution in [0, 0.1) is 13.8 Å². The number of hydrogen-bond acceptors (Lipinski definition) is 3. The zero-order valence-corrected chi connectivity index (χ0v) is 8.00. The number of rotatable bonds is 3. The number of hydrogen-bond donors (Lipinski definition) is 2. The Morgan fingerprint density at radius 3 is 2.31 bits per heavy atom. The van der Waals surface area contributed by atoms with Crippen molar-refractivity contribution in [1.82, 2.24) is 0 Å². The molecule has 0 saturated heterocycles. The normalized spacial score (nSPS) is 10.4. The quantitative estimate of drug-likeness (QED) is 0.694. The first-order chi connectivity index (χ1) is 6.15. The molecule has 0 aromatic heterocycles. The van der Waals surface area contributed by atoms with E-state index in [0.717, 1.165) is 23.1 Å². The fourth-order valence-electron chi connectivity index (χ4n) is 1.37. The average Bonchev–Trinajstić information content (AvgIpc) is 2.10. The van der Waals surface area contributed by atoms with Crippen LogP contribution in [0.3, 0.4) is 0 Å². The summed E-state index contributed by atoms with van der Waals surface area (Å²) in [6, 6.07) is 3.89. The molecule has 0 spiro atoms. The number of aryl methyl sites for hydroxylation is 2. The first-order valence-electron chi connectivity index (χ1n) is 4.26. The monoisotopic (exact) mass is 181 g/mol. The second-order valence-electron chi connectivity index (χ2n) is 3.20. The van der Waals surface area contributed by atoms with Crippen LogP contribution in [0.2, 0.25) is 0 Å². The summed E-state index contributed by atoms with van der Waals surface area (Å²) < 4.78 is 0. The molecule has 0 saturated carbocycles. The lowest BCUT2D eigenvalue weighted by molar-refractivity contribution is 0.141. The summed E-state index contributed by atoms with van der Waals surface area (Å²) >= 11 is 0. The summed E-state index contributed by atoms with van der Waals surface area (Å²) in [7, 11) is 0. The Morgan fingerprint density at radius 2 is 1.85 bits per heavy atom. The third-order valence-electron chi connectivity index (χ3n) is 2.06. The number of aromatic hydroxyl groups is 1. The smallest absolute Gasteiger partial charge is 0.121 e. The van der Waals surface area contributed by atoms with Gasteiger partial charge in [-0.05, 0) is 37.0 Å². The molecule has 3 N–H and O–H groups in total. The van der Waals surface area contributed by atoms with Gasteiger partial charge < -0.3 is 9.94 Å². The van der Waals surface area contributed by atoms with E-state index in [4.69, 9.17) is 5.90 Å². The predicted molar refractivity (Wildman–Crippen MR) is 51.4 cm³/mol. The molecular weight excluding hydrogens is 166 g/mol. The maximum atomic E-state index is 9.50. The summed E-state index contributed by atoms with van der Waals surface area (Å²) in [5.74, 6) is 5.31. The van der Waals surface area contributed by atoms with Gasteiger partial charge >= 0.3 is 0 Å². The van der Waals surface area contributed by atoms with E-state index in [1.807, 2.05) is 26.0 Å². The van der Waals surface area contributed by atoms with Crippen LogP contribution in [0.15, 0.2) is 12.1 Å². The maximum absolute atomic E-state index is 9.50. The van der Waals surface area contributed by atoms with Crippen molar-refractivity contribution in [3.05, 3.63) is 28.8 Å². The molecule has 3 nitrogen and oxygen atoms in total. The standard InChI is InChI=1S/C10H15NO2/c1-7-5-9(3-4-13-11)6-8(2)10(7)12/h5-6,12H,3-4,11H2,1-2H3. The highest BCUT2D eigenvalue weighted by Crippen LogP contribution is 2.22. The van der Waals surface area contributed by atoms with Crippen LogP contribution in [0.4, 0.5) is 0 Å². The van der Waals surface area contributed by atoms with Crippen molar-refractivity contribution in [2.45, 2.75) is 20.3 Å². The lowest BCUT2D eigenvalue weighted by Gasteiger charge is -2.06. The van der Waals surface area contributed by atoms with Gasteiger partial charge in [-0.2, -0.15) is 0 Å². The topological polar surface area (TPSA) is 55.5 Å². The van der Waals surface area contributed by atoms with Crippen LogP contribution in [-0.4, -0.2) is 11.7 Å². The molecule has 0 atom stereocenters. The Hall–Kier alpha value is -1.06. The van der Waals surface area contributed by atoms with Crippen LogP contribution >= 0.6 is 0 Å². The summed E-state index contributed by atoms with van der Waals surface area (Å²) in [5.41, 5.74) is 2.93. The Labute approximate surface area is 78.1 Å². The van der Waals surface area contributed by atoms with Crippen molar-refractivity contribution in [1.29, 1.82) is 0 Å². The largest absolute Gasteiger partial charge is 0.507 e. The van der Waals surface area contributed by atoms with Gasteiger partial charge in [0.2, 0.25) is 0 Å². The summed E-state index contributed by atoms with van der Waals surface area (Å²) in [6.07, 6.45) is 0.776. The fourth-order valence-corrected chi connectivity index (χ4v) is 1.37. The van der Waals surface area contributed by atoms with E-state index < -0.39 is 0 Å². The van der Waals surface area contributed by atoms with Crippen molar-refractivity contribution < 1.29 is 9.94 Å². The van der Waals surface area contributed by atoms with E-state index >= 15 is 0 Å². The maximum Gasteiger partial charge on any atom is 0.121 e. The van der Waals surface area contributed by atoms with Gasteiger partial charge in [-0.1, -0.05) is 12.1 Å². The Morgan fingerprint density at radius 1 is 1.31 bits per heavy atom. The summed E-state index contributed by atoms with van der Waals surface area (Å²) in [4.78, 5) is 4.49. The lowest BCUT2D eigenvalue weighted by atomic mass is 10.0. The molecule has 0 radical (unpaired) electrons. The van der Waals surface area contributed by atoms with Gasteiger partial charge in [0, 0.05) is 0 Å². The third-order valence-corrected chi connectivity index (χ3v) is 2.06. The molecule has 72 valence electrons. The second kappa shape index (κ2) is 4.25. The van der Waals surface area contributed by atoms with Gasteiger partial charge in [-0.15, -0.1) is 0 Å². The first kappa shape index (κ1) is 10.0. The number of nitrogens with two attached hydrogens (primary N) is 1. The van der Waals surface area contributed by atoms with E-state index in [1.54, 1.807) is 0 Å². The van der Waals surface area contributed by atoms with Crippen molar-refractivity contribution in [2.75, 3.05) is 6.61 Å². The molecule has 1 rings (SSSR count). The number of benzene rings is 1. The molecule has 0 heterocycles. The van der Waals surface area contributed by atoms with Crippen LogP contribution in [-0.2, 0) is 11.3 Å². The van der Waals surface area contributed by atoms with Crippen LogP contribution in [0.5, 0.6) is 5.75 Å². The van der Waals surface area contributed by atoms with Crippen LogP contribution in [0.25, 0.3) is 0 Å². The van der Waals surface area contributed by atoms with Gasteiger partial charge in [-0.3, -0.25) is 0 Å². The minimum Gasteiger partial charge on any atom is -0.507 e. The average molecular weight is 181 g/mol. The minimum absolute atomic E-state index is 0.373. The molecule has 0 aliphatic carbocycles. The van der Waals surface area contributed by atoms with Crippen molar-refractivity contribution in [2.24, 2.45) is 5.90 Å². The van der Waals surface area contributed by atoms with Gasteiger partial charge in [0.1, 0.15) is 5.75 Å². The van der Waals surface area contributed by atoms with Crippen LogP contribution in [0.1, 0.15) is 16.7 Å². The van der Waals surface area contributed by atoms with E-state index in [1.165, 1.54) is 0 Å². The van der Waals surface area contributed by atoms with Crippen molar-refractivity contribution in [3.8, 4) is 5.75 Å². The highest BCUT2D eigenvalue weighted by molar-refractivity contribution is 5.42. The van der Waals surface area contributed by atoms with Gasteiger partial charge in [0.25, 0.3) is 0 Å². The highest BCUT2D eigenvalue weighted by Gasteiger charge is 2.02. The molecule has 0 aliphatic rings. The number of phenols is 1. The summed E-state index contributed by atoms with van der Waals surface area (Å²) in [5, 5.41) is 9.50. The molecule has 0 aliphatic heterocycles. The Balaban J connectivity index is 2.86. The molecule has 3 heteroatoms. The van der Waals surface area contributed by atoms with Crippen molar-refractivity contribution >= 4 is 0 Å². The second-order valence-corrected chi connectivity index (χ2v) is 3.20. The third kappa shape index (κ3) is 2.44. The SMILES string of the molecule is Cc1cc(CCON)cc(C)c1O. The summed E-state index contributed by atoms with van der Waals surface area (Å²) in [6.45, 7) is 4.27. The molecule has 0 bridgehead atoms. The molecular formula is C10H15NO2. The van der Waals surface area contributed by atoms with Crippen molar-refractivity contribution in [3.63, 3.8) is 0 Å². The van der Waals surface area contributed by atoms with E-state index in [2.05, 4.69) is 4.84 Å². The van der Waals surface area contributed by atoms with E-state index in [-0.39, 0.29) is 0 Å². The Bertz CT molecular complexity index is 274. The predicted octanol–water partition coefficient (Wildman–Crippen LogP) is 1.44. The molecule has 0 amide bonds. The number of phenolic OH excluding ortho intramolecular Hbond substituents is 1. The fraction of sp³-hybridized carbons (Fsp3) is 0.400. The van der Waals surface area contributed by atoms with E-state index in [0.29, 0.717) is 12.4 Å². The van der Waals surface area contributed by atoms with Crippen LogP contribution < -0.4 is 5.90 Å². The molecule has 0 fully saturated rings. The van der Waals surface area contributed by atoms with Gasteiger partial charge in [0.05, 0.1) is 6.61 Å². The lowest BCUT2D eigenvalue weighted by Crippen LogP contribution is -2.04.